The van der Waals surface area contributed by atoms with Crippen molar-refractivity contribution in [3.05, 3.63) is 40.9 Å². The van der Waals surface area contributed by atoms with E-state index in [1.165, 1.54) is 0 Å². The van der Waals surface area contributed by atoms with Crippen LogP contribution in [0.15, 0.2) is 35.4 Å². The van der Waals surface area contributed by atoms with Gasteiger partial charge in [0.25, 0.3) is 0 Å². The van der Waals surface area contributed by atoms with Crippen molar-refractivity contribution in [2.45, 2.75) is 19.4 Å². The van der Waals surface area contributed by atoms with Crippen molar-refractivity contribution in [3.63, 3.8) is 0 Å². The van der Waals surface area contributed by atoms with E-state index in [1.54, 1.807) is 6.08 Å². The Morgan fingerprint density at radius 2 is 2.08 bits per heavy atom. The first-order chi connectivity index (χ1) is 6.24. The number of benzene rings is 1. The Morgan fingerprint density at radius 3 is 2.62 bits per heavy atom. The molecule has 0 aliphatic carbocycles. The topological polar surface area (TPSA) is 20.2 Å². The molecule has 0 heterocycles. The Hall–Kier alpha value is -0.790. The van der Waals surface area contributed by atoms with Crippen LogP contribution >= 0.6 is 11.6 Å². The second kappa shape index (κ2) is 5.05. The number of aliphatic hydroxyl groups is 1. The molecule has 1 atom stereocenters. The summed E-state index contributed by atoms with van der Waals surface area (Å²) in [6, 6.07) is 9.72. The van der Waals surface area contributed by atoms with Crippen molar-refractivity contribution < 1.29 is 5.11 Å². The normalized spacial score (nSPS) is 14.2. The minimum absolute atomic E-state index is 0.494. The first-order valence-electron chi connectivity index (χ1n) is 4.34. The van der Waals surface area contributed by atoms with E-state index in [-0.39, 0.29) is 0 Å². The van der Waals surface area contributed by atoms with Gasteiger partial charge in [-0.25, -0.2) is 0 Å². The van der Waals surface area contributed by atoms with Crippen molar-refractivity contribution in [2.24, 2.45) is 0 Å². The molecule has 0 saturated heterocycles. The molecule has 0 amide bonds. The molecule has 1 rings (SSSR count). The van der Waals surface area contributed by atoms with Crippen LogP contribution in [0.4, 0.5) is 0 Å². The molecule has 1 N–H and O–H groups in total. The fraction of sp³-hybridized carbons (Fsp3) is 0.273. The average Bonchev–Trinajstić information content (AvgIpc) is 2.18. The predicted octanol–water partition coefficient (Wildman–Crippen LogP) is 3.04. The third-order valence-electron chi connectivity index (χ3n) is 1.81. The predicted molar refractivity (Wildman–Crippen MR) is 56.6 cm³/mol. The summed E-state index contributed by atoms with van der Waals surface area (Å²) in [4.78, 5) is 0. The zero-order chi connectivity index (χ0) is 9.68. The van der Waals surface area contributed by atoms with Gasteiger partial charge in [-0.2, -0.15) is 0 Å². The van der Waals surface area contributed by atoms with Crippen molar-refractivity contribution in [1.82, 2.24) is 0 Å². The van der Waals surface area contributed by atoms with E-state index in [4.69, 9.17) is 11.6 Å². The quantitative estimate of drug-likeness (QED) is 0.788. The van der Waals surface area contributed by atoms with Crippen LogP contribution in [0.1, 0.15) is 18.9 Å². The van der Waals surface area contributed by atoms with Gasteiger partial charge in [0.1, 0.15) is 0 Å². The van der Waals surface area contributed by atoms with Crippen LogP contribution in [0, 0.1) is 0 Å². The van der Waals surface area contributed by atoms with Crippen LogP contribution in [-0.4, -0.2) is 11.2 Å². The van der Waals surface area contributed by atoms with Gasteiger partial charge >= 0.3 is 0 Å². The van der Waals surface area contributed by atoms with Crippen LogP contribution < -0.4 is 0 Å². The van der Waals surface area contributed by atoms with E-state index in [9.17, 15) is 5.11 Å². The minimum Gasteiger partial charge on any atom is -0.388 e. The van der Waals surface area contributed by atoms with Crippen molar-refractivity contribution >= 4 is 17.7 Å². The Labute approximate surface area is 83.7 Å². The molecular formula is C11H13ClO. The zero-order valence-corrected chi connectivity index (χ0v) is 8.33. The highest BCUT2D eigenvalue weighted by Gasteiger charge is 2.04. The molecule has 0 aromatic heterocycles. The first kappa shape index (κ1) is 10.3. The maximum Gasteiger partial charge on any atom is 0.0893 e. The van der Waals surface area contributed by atoms with Crippen molar-refractivity contribution in [3.8, 4) is 0 Å². The molecule has 1 aromatic carbocycles. The van der Waals surface area contributed by atoms with Crippen LogP contribution in [0.3, 0.4) is 0 Å². The van der Waals surface area contributed by atoms with Gasteiger partial charge in [-0.3, -0.25) is 0 Å². The zero-order valence-electron chi connectivity index (χ0n) is 7.57. The Balaban J connectivity index is 2.77. The Bertz CT molecular complexity index is 279. The number of aliphatic hydroxyl groups excluding tert-OH is 1. The maximum absolute atomic E-state index is 9.39. The van der Waals surface area contributed by atoms with Crippen molar-refractivity contribution in [2.75, 3.05) is 0 Å². The minimum atomic E-state index is -0.540. The maximum atomic E-state index is 9.39. The SMILES string of the molecule is CC[C@@H](O)/C(Cl)=C/c1ccccc1. The molecule has 0 bridgehead atoms. The highest BCUT2D eigenvalue weighted by molar-refractivity contribution is 6.32. The molecule has 1 aromatic rings. The van der Waals surface area contributed by atoms with E-state index >= 15 is 0 Å². The number of rotatable bonds is 3. The monoisotopic (exact) mass is 196 g/mol. The number of hydrogen-bond acceptors (Lipinski definition) is 1. The second-order valence-electron chi connectivity index (χ2n) is 2.86. The van der Waals surface area contributed by atoms with E-state index in [1.807, 2.05) is 37.3 Å². The Morgan fingerprint density at radius 1 is 1.46 bits per heavy atom. The molecular weight excluding hydrogens is 184 g/mol. The molecule has 0 aliphatic heterocycles. The third kappa shape index (κ3) is 3.21. The van der Waals surface area contributed by atoms with Crippen molar-refractivity contribution in [1.29, 1.82) is 0 Å². The average molecular weight is 197 g/mol. The van der Waals surface area contributed by atoms with E-state index in [0.717, 1.165) is 5.56 Å². The highest BCUT2D eigenvalue weighted by atomic mass is 35.5. The van der Waals surface area contributed by atoms with Crippen LogP contribution in [0.2, 0.25) is 0 Å². The first-order valence-corrected chi connectivity index (χ1v) is 4.72. The lowest BCUT2D eigenvalue weighted by Gasteiger charge is -2.05. The molecule has 0 spiro atoms. The summed E-state index contributed by atoms with van der Waals surface area (Å²) in [6.07, 6.45) is 1.89. The summed E-state index contributed by atoms with van der Waals surface area (Å²) in [5.74, 6) is 0. The van der Waals surface area contributed by atoms with Crippen LogP contribution in [0.5, 0.6) is 0 Å². The van der Waals surface area contributed by atoms with E-state index < -0.39 is 6.10 Å². The summed E-state index contributed by atoms with van der Waals surface area (Å²) in [7, 11) is 0. The summed E-state index contributed by atoms with van der Waals surface area (Å²) < 4.78 is 0. The largest absolute Gasteiger partial charge is 0.388 e. The lowest BCUT2D eigenvalue weighted by molar-refractivity contribution is 0.215. The van der Waals surface area contributed by atoms with Gasteiger partial charge in [0, 0.05) is 5.03 Å². The molecule has 0 aliphatic rings. The lowest BCUT2D eigenvalue weighted by Crippen LogP contribution is -2.03. The van der Waals surface area contributed by atoms with Gasteiger partial charge in [0.15, 0.2) is 0 Å². The van der Waals surface area contributed by atoms with Gasteiger partial charge < -0.3 is 5.11 Å². The highest BCUT2D eigenvalue weighted by Crippen LogP contribution is 2.15. The fourth-order valence-corrected chi connectivity index (χ4v) is 1.28. The smallest absolute Gasteiger partial charge is 0.0893 e. The van der Waals surface area contributed by atoms with Gasteiger partial charge in [-0.05, 0) is 18.1 Å². The molecule has 0 radical (unpaired) electrons. The van der Waals surface area contributed by atoms with Gasteiger partial charge in [0.2, 0.25) is 0 Å². The van der Waals surface area contributed by atoms with Gasteiger partial charge in [-0.1, -0.05) is 48.9 Å². The second-order valence-corrected chi connectivity index (χ2v) is 3.30. The molecule has 13 heavy (non-hydrogen) atoms. The standard InChI is InChI=1S/C11H13ClO/c1-2-11(13)10(12)8-9-6-4-3-5-7-9/h3-8,11,13H,2H2,1H3/b10-8-/t11-/m1/s1. The lowest BCUT2D eigenvalue weighted by atomic mass is 10.1. The number of hydrogen-bond donors (Lipinski definition) is 1. The molecule has 1 nitrogen and oxygen atoms in total. The summed E-state index contributed by atoms with van der Waals surface area (Å²) in [5.41, 5.74) is 1.01. The summed E-state index contributed by atoms with van der Waals surface area (Å²) in [6.45, 7) is 1.89. The molecule has 70 valence electrons. The molecule has 2 heteroatoms. The Kier molecular flexibility index (Phi) is 4.00. The molecule has 0 fully saturated rings. The molecule has 0 saturated carbocycles. The fourth-order valence-electron chi connectivity index (χ4n) is 1.000. The van der Waals surface area contributed by atoms with E-state index in [0.29, 0.717) is 11.5 Å². The van der Waals surface area contributed by atoms with Gasteiger partial charge in [0.05, 0.1) is 6.10 Å². The van der Waals surface area contributed by atoms with E-state index in [2.05, 4.69) is 0 Å². The van der Waals surface area contributed by atoms with Gasteiger partial charge in [-0.15, -0.1) is 0 Å². The summed E-state index contributed by atoms with van der Waals surface area (Å²) in [5, 5.41) is 9.88. The molecule has 0 unspecified atom stereocenters. The number of halogens is 1. The third-order valence-corrected chi connectivity index (χ3v) is 2.17. The van der Waals surface area contributed by atoms with Crippen LogP contribution in [0.25, 0.3) is 6.08 Å². The summed E-state index contributed by atoms with van der Waals surface area (Å²) >= 11 is 5.88. The van der Waals surface area contributed by atoms with Crippen LogP contribution in [-0.2, 0) is 0 Å².